The Kier molecular flexibility index (Phi) is 4.70. The largest absolute Gasteiger partial charge is 0.355 e. The number of benzene rings is 1. The van der Waals surface area contributed by atoms with Crippen molar-refractivity contribution in [1.82, 2.24) is 10.1 Å². The van der Waals surface area contributed by atoms with Crippen LogP contribution in [-0.2, 0) is 12.8 Å². The zero-order valence-corrected chi connectivity index (χ0v) is 13.7. The van der Waals surface area contributed by atoms with E-state index < -0.39 is 0 Å². The molecule has 0 saturated carbocycles. The fourth-order valence-electron chi connectivity index (χ4n) is 2.61. The molecule has 2 heterocycles. The van der Waals surface area contributed by atoms with E-state index in [1.54, 1.807) is 18.5 Å². The number of pyridine rings is 1. The van der Waals surface area contributed by atoms with Crippen LogP contribution in [0.3, 0.4) is 0 Å². The van der Waals surface area contributed by atoms with Crippen molar-refractivity contribution in [2.24, 2.45) is 0 Å². The van der Waals surface area contributed by atoms with Crippen LogP contribution in [0.25, 0.3) is 11.3 Å². The molecular formula is C19H19N3O2. The molecule has 5 nitrogen and oxygen atoms in total. The molecule has 24 heavy (non-hydrogen) atoms. The molecule has 0 unspecified atom stereocenters. The van der Waals surface area contributed by atoms with E-state index in [9.17, 15) is 4.79 Å². The van der Waals surface area contributed by atoms with Crippen molar-refractivity contribution < 1.29 is 9.32 Å². The summed E-state index contributed by atoms with van der Waals surface area (Å²) in [5.74, 6) is 0.247. The molecule has 0 saturated heterocycles. The van der Waals surface area contributed by atoms with E-state index in [0.29, 0.717) is 5.76 Å². The molecule has 0 aliphatic heterocycles. The van der Waals surface area contributed by atoms with Gasteiger partial charge in [-0.05, 0) is 36.1 Å². The van der Waals surface area contributed by atoms with Crippen LogP contribution in [0, 0.1) is 0 Å². The second kappa shape index (κ2) is 7.08. The summed E-state index contributed by atoms with van der Waals surface area (Å²) < 4.78 is 5.27. The van der Waals surface area contributed by atoms with Gasteiger partial charge in [-0.1, -0.05) is 37.2 Å². The number of nitrogens with zero attached hydrogens (tertiary/aromatic N) is 2. The quantitative estimate of drug-likeness (QED) is 0.767. The van der Waals surface area contributed by atoms with E-state index in [-0.39, 0.29) is 11.6 Å². The van der Waals surface area contributed by atoms with Gasteiger partial charge in [0.2, 0.25) is 0 Å². The summed E-state index contributed by atoms with van der Waals surface area (Å²) in [7, 11) is 0. The summed E-state index contributed by atoms with van der Waals surface area (Å²) in [4.78, 5) is 16.6. The molecule has 122 valence electrons. The lowest BCUT2D eigenvalue weighted by atomic mass is 10.0. The summed E-state index contributed by atoms with van der Waals surface area (Å²) >= 11 is 0. The van der Waals surface area contributed by atoms with Gasteiger partial charge < -0.3 is 9.84 Å². The van der Waals surface area contributed by atoms with Crippen LogP contribution in [0.4, 0.5) is 5.69 Å². The van der Waals surface area contributed by atoms with E-state index in [2.05, 4.69) is 29.3 Å². The number of amides is 1. The molecule has 0 spiro atoms. The van der Waals surface area contributed by atoms with Crippen molar-refractivity contribution in [3.8, 4) is 11.3 Å². The fourth-order valence-corrected chi connectivity index (χ4v) is 2.61. The van der Waals surface area contributed by atoms with Gasteiger partial charge in [-0.3, -0.25) is 9.78 Å². The first-order valence-corrected chi connectivity index (χ1v) is 8.02. The van der Waals surface area contributed by atoms with Crippen LogP contribution in [0.5, 0.6) is 0 Å². The predicted octanol–water partition coefficient (Wildman–Crippen LogP) is 4.11. The summed E-state index contributed by atoms with van der Waals surface area (Å²) in [6.45, 7) is 4.14. The Hall–Kier alpha value is -2.95. The molecule has 5 heteroatoms. The molecule has 3 rings (SSSR count). The number of aromatic nitrogens is 2. The molecule has 0 aliphatic rings. The maximum absolute atomic E-state index is 12.5. The minimum atomic E-state index is -0.274. The Balaban J connectivity index is 1.85. The molecule has 1 N–H and O–H groups in total. The highest BCUT2D eigenvalue weighted by atomic mass is 16.5. The number of anilines is 1. The number of carbonyl (C=O) groups excluding carboxylic acids is 1. The van der Waals surface area contributed by atoms with Crippen LogP contribution < -0.4 is 5.32 Å². The molecular weight excluding hydrogens is 302 g/mol. The summed E-state index contributed by atoms with van der Waals surface area (Å²) in [6.07, 6.45) is 5.05. The maximum atomic E-state index is 12.5. The Bertz CT molecular complexity index is 819. The standard InChI is InChI=1S/C19H19N3O2/c1-3-13-7-5-8-14(4-2)18(13)21-19(23)16-11-17(24-22-16)15-9-6-10-20-12-15/h5-12H,3-4H2,1-2H3,(H,21,23). The summed E-state index contributed by atoms with van der Waals surface area (Å²) in [5, 5.41) is 6.87. The molecule has 1 amide bonds. The summed E-state index contributed by atoms with van der Waals surface area (Å²) in [5.41, 5.74) is 4.13. The Morgan fingerprint density at radius 1 is 1.12 bits per heavy atom. The van der Waals surface area contributed by atoms with Crippen molar-refractivity contribution in [3.05, 3.63) is 65.6 Å². The van der Waals surface area contributed by atoms with Crippen molar-refractivity contribution >= 4 is 11.6 Å². The lowest BCUT2D eigenvalue weighted by Crippen LogP contribution is -2.15. The number of nitrogens with one attached hydrogen (secondary N) is 1. The van der Waals surface area contributed by atoms with Gasteiger partial charge in [-0.25, -0.2) is 0 Å². The first kappa shape index (κ1) is 15.9. The molecule has 0 aliphatic carbocycles. The molecule has 0 bridgehead atoms. The first-order valence-electron chi connectivity index (χ1n) is 8.02. The third kappa shape index (κ3) is 3.20. The fraction of sp³-hybridized carbons (Fsp3) is 0.211. The third-order valence-corrected chi connectivity index (χ3v) is 3.93. The van der Waals surface area contributed by atoms with E-state index in [4.69, 9.17) is 4.52 Å². The second-order valence-corrected chi connectivity index (χ2v) is 5.43. The van der Waals surface area contributed by atoms with Crippen LogP contribution in [0.15, 0.2) is 53.3 Å². The van der Waals surface area contributed by atoms with Gasteiger partial charge in [-0.15, -0.1) is 0 Å². The van der Waals surface area contributed by atoms with Crippen LogP contribution in [0.1, 0.15) is 35.5 Å². The predicted molar refractivity (Wildman–Crippen MR) is 92.9 cm³/mol. The maximum Gasteiger partial charge on any atom is 0.277 e. The Labute approximate surface area is 140 Å². The van der Waals surface area contributed by atoms with Gasteiger partial charge in [0.15, 0.2) is 11.5 Å². The molecule has 0 atom stereocenters. The number of hydrogen-bond acceptors (Lipinski definition) is 4. The van der Waals surface area contributed by atoms with E-state index >= 15 is 0 Å². The molecule has 2 aromatic heterocycles. The zero-order chi connectivity index (χ0) is 16.9. The van der Waals surface area contributed by atoms with Crippen LogP contribution in [0.2, 0.25) is 0 Å². The number of aryl methyl sites for hydroxylation is 2. The van der Waals surface area contributed by atoms with E-state index in [1.165, 1.54) is 0 Å². The highest BCUT2D eigenvalue weighted by Gasteiger charge is 2.16. The van der Waals surface area contributed by atoms with Crippen molar-refractivity contribution in [3.63, 3.8) is 0 Å². The van der Waals surface area contributed by atoms with Crippen LogP contribution in [-0.4, -0.2) is 16.0 Å². The minimum absolute atomic E-state index is 0.252. The number of para-hydroxylation sites is 1. The van der Waals surface area contributed by atoms with Crippen LogP contribution >= 0.6 is 0 Å². The van der Waals surface area contributed by atoms with Gasteiger partial charge in [0.05, 0.1) is 0 Å². The first-order chi connectivity index (χ1) is 11.7. The van der Waals surface area contributed by atoms with E-state index in [1.807, 2.05) is 30.3 Å². The molecule has 0 radical (unpaired) electrons. The van der Waals surface area contributed by atoms with Crippen molar-refractivity contribution in [1.29, 1.82) is 0 Å². The lowest BCUT2D eigenvalue weighted by molar-refractivity contribution is 0.101. The third-order valence-electron chi connectivity index (χ3n) is 3.93. The molecule has 1 aromatic carbocycles. The molecule has 0 fully saturated rings. The van der Waals surface area contributed by atoms with Gasteiger partial charge in [0.25, 0.3) is 5.91 Å². The smallest absolute Gasteiger partial charge is 0.277 e. The number of carbonyl (C=O) groups is 1. The van der Waals surface area contributed by atoms with Gasteiger partial charge in [-0.2, -0.15) is 0 Å². The highest BCUT2D eigenvalue weighted by molar-refractivity contribution is 6.04. The monoisotopic (exact) mass is 321 g/mol. The average Bonchev–Trinajstić information content (AvgIpc) is 3.13. The highest BCUT2D eigenvalue weighted by Crippen LogP contribution is 2.24. The summed E-state index contributed by atoms with van der Waals surface area (Å²) in [6, 6.07) is 11.4. The van der Waals surface area contributed by atoms with Crippen molar-refractivity contribution in [2.45, 2.75) is 26.7 Å². The van der Waals surface area contributed by atoms with Crippen molar-refractivity contribution in [2.75, 3.05) is 5.32 Å². The minimum Gasteiger partial charge on any atom is -0.355 e. The van der Waals surface area contributed by atoms with Gasteiger partial charge >= 0.3 is 0 Å². The SMILES string of the molecule is CCc1cccc(CC)c1NC(=O)c1cc(-c2cccnc2)on1. The second-order valence-electron chi connectivity index (χ2n) is 5.43. The normalized spacial score (nSPS) is 10.6. The Morgan fingerprint density at radius 2 is 1.88 bits per heavy atom. The lowest BCUT2D eigenvalue weighted by Gasteiger charge is -2.13. The number of hydrogen-bond donors (Lipinski definition) is 1. The number of rotatable bonds is 5. The van der Waals surface area contributed by atoms with E-state index in [0.717, 1.165) is 35.2 Å². The topological polar surface area (TPSA) is 68.0 Å². The average molecular weight is 321 g/mol. The Morgan fingerprint density at radius 3 is 2.50 bits per heavy atom. The zero-order valence-electron chi connectivity index (χ0n) is 13.7. The molecule has 3 aromatic rings. The van der Waals surface area contributed by atoms with Gasteiger partial charge in [0.1, 0.15) is 0 Å². The van der Waals surface area contributed by atoms with Gasteiger partial charge in [0, 0.05) is 29.7 Å².